The summed E-state index contributed by atoms with van der Waals surface area (Å²) in [5.41, 5.74) is 0. The lowest BCUT2D eigenvalue weighted by molar-refractivity contribution is -0.132. The number of halogens is 1. The number of carbonyl (C=O) groups excluding carboxylic acids is 1. The fourth-order valence-corrected chi connectivity index (χ4v) is 1.97. The minimum Gasteiger partial charge on any atom is -0.343 e. The van der Waals surface area contributed by atoms with Crippen LogP contribution < -0.4 is 0 Å². The molecule has 1 atom stereocenters. The lowest BCUT2D eigenvalue weighted by Gasteiger charge is -2.30. The standard InChI is InChI=1S/C11H20BrNO/c1-9-5-7-13(8-6-9)11(14)4-3-10(2)12/h9-10H,3-8H2,1-2H3. The molecule has 14 heavy (non-hydrogen) atoms. The van der Waals surface area contributed by atoms with Gasteiger partial charge in [-0.05, 0) is 25.2 Å². The van der Waals surface area contributed by atoms with Gasteiger partial charge >= 0.3 is 0 Å². The molecule has 1 fully saturated rings. The van der Waals surface area contributed by atoms with Crippen molar-refractivity contribution in [1.82, 2.24) is 4.90 Å². The first-order valence-electron chi connectivity index (χ1n) is 5.51. The second-order valence-electron chi connectivity index (χ2n) is 4.38. The molecule has 1 rings (SSSR count). The number of likely N-dealkylation sites (tertiary alicyclic amines) is 1. The Morgan fingerprint density at radius 3 is 2.57 bits per heavy atom. The van der Waals surface area contributed by atoms with Crippen LogP contribution in [0.15, 0.2) is 0 Å². The fourth-order valence-electron chi connectivity index (χ4n) is 1.74. The van der Waals surface area contributed by atoms with Crippen molar-refractivity contribution in [2.24, 2.45) is 5.92 Å². The maximum atomic E-state index is 11.7. The number of piperidine rings is 1. The van der Waals surface area contributed by atoms with Crippen molar-refractivity contribution in [1.29, 1.82) is 0 Å². The molecule has 1 aliphatic heterocycles. The Bertz CT molecular complexity index is 186. The summed E-state index contributed by atoms with van der Waals surface area (Å²) in [5, 5.41) is 0. The molecule has 0 spiro atoms. The monoisotopic (exact) mass is 261 g/mol. The Hall–Kier alpha value is -0.0500. The van der Waals surface area contributed by atoms with Crippen LogP contribution in [0.3, 0.4) is 0 Å². The van der Waals surface area contributed by atoms with Crippen LogP contribution in [0.25, 0.3) is 0 Å². The maximum absolute atomic E-state index is 11.7. The fraction of sp³-hybridized carbons (Fsp3) is 0.909. The van der Waals surface area contributed by atoms with Crippen molar-refractivity contribution in [3.63, 3.8) is 0 Å². The highest BCUT2D eigenvalue weighted by molar-refractivity contribution is 9.09. The largest absolute Gasteiger partial charge is 0.343 e. The summed E-state index contributed by atoms with van der Waals surface area (Å²) in [4.78, 5) is 14.2. The molecule has 0 radical (unpaired) electrons. The first-order valence-corrected chi connectivity index (χ1v) is 6.43. The third-order valence-corrected chi connectivity index (χ3v) is 3.35. The van der Waals surface area contributed by atoms with Crippen LogP contribution in [0.2, 0.25) is 0 Å². The van der Waals surface area contributed by atoms with Crippen LogP contribution in [-0.2, 0) is 4.79 Å². The van der Waals surface area contributed by atoms with Gasteiger partial charge in [0.1, 0.15) is 0 Å². The summed E-state index contributed by atoms with van der Waals surface area (Å²) in [6.45, 7) is 6.29. The van der Waals surface area contributed by atoms with Gasteiger partial charge in [0, 0.05) is 24.3 Å². The average molecular weight is 262 g/mol. The normalized spacial score (nSPS) is 20.9. The predicted octanol–water partition coefficient (Wildman–Crippen LogP) is 2.81. The molecule has 0 bridgehead atoms. The minimum atomic E-state index is 0.336. The van der Waals surface area contributed by atoms with Gasteiger partial charge < -0.3 is 4.90 Å². The molecule has 1 saturated heterocycles. The zero-order valence-corrected chi connectivity index (χ0v) is 10.7. The van der Waals surface area contributed by atoms with E-state index in [4.69, 9.17) is 0 Å². The molecule has 0 aromatic rings. The van der Waals surface area contributed by atoms with Gasteiger partial charge in [-0.15, -0.1) is 0 Å². The highest BCUT2D eigenvalue weighted by Crippen LogP contribution is 2.17. The highest BCUT2D eigenvalue weighted by atomic mass is 79.9. The summed E-state index contributed by atoms with van der Waals surface area (Å²) < 4.78 is 0. The zero-order valence-electron chi connectivity index (χ0n) is 9.13. The van der Waals surface area contributed by atoms with Gasteiger partial charge in [0.2, 0.25) is 5.91 Å². The Morgan fingerprint density at radius 1 is 1.50 bits per heavy atom. The summed E-state index contributed by atoms with van der Waals surface area (Å²) >= 11 is 3.47. The van der Waals surface area contributed by atoms with Crippen LogP contribution in [0, 0.1) is 5.92 Å². The van der Waals surface area contributed by atoms with E-state index in [0.717, 1.165) is 25.4 Å². The average Bonchev–Trinajstić information content (AvgIpc) is 2.15. The Morgan fingerprint density at radius 2 is 2.07 bits per heavy atom. The van der Waals surface area contributed by atoms with E-state index in [0.29, 0.717) is 17.2 Å². The Labute approximate surface area is 95.2 Å². The first kappa shape index (κ1) is 12.0. The van der Waals surface area contributed by atoms with Crippen molar-refractivity contribution < 1.29 is 4.79 Å². The van der Waals surface area contributed by atoms with E-state index >= 15 is 0 Å². The molecule has 0 saturated carbocycles. The van der Waals surface area contributed by atoms with Crippen molar-refractivity contribution in [3.05, 3.63) is 0 Å². The van der Waals surface area contributed by atoms with Crippen LogP contribution in [-0.4, -0.2) is 28.7 Å². The third kappa shape index (κ3) is 3.99. The van der Waals surface area contributed by atoms with E-state index < -0.39 is 0 Å². The number of hydrogen-bond donors (Lipinski definition) is 0. The van der Waals surface area contributed by atoms with Gasteiger partial charge in [-0.1, -0.05) is 29.8 Å². The van der Waals surface area contributed by atoms with Crippen molar-refractivity contribution >= 4 is 21.8 Å². The molecule has 1 amide bonds. The van der Waals surface area contributed by atoms with Crippen molar-refractivity contribution in [2.45, 2.75) is 44.4 Å². The molecular weight excluding hydrogens is 242 g/mol. The van der Waals surface area contributed by atoms with Crippen molar-refractivity contribution in [3.8, 4) is 0 Å². The Balaban J connectivity index is 2.24. The predicted molar refractivity (Wildman–Crippen MR) is 62.6 cm³/mol. The smallest absolute Gasteiger partial charge is 0.222 e. The summed E-state index contributed by atoms with van der Waals surface area (Å²) in [6.07, 6.45) is 4.00. The molecule has 0 aromatic carbocycles. The summed E-state index contributed by atoms with van der Waals surface area (Å²) in [7, 11) is 0. The summed E-state index contributed by atoms with van der Waals surface area (Å²) in [6, 6.07) is 0. The topological polar surface area (TPSA) is 20.3 Å². The van der Waals surface area contributed by atoms with Gasteiger partial charge in [-0.25, -0.2) is 0 Å². The number of rotatable bonds is 3. The second kappa shape index (κ2) is 5.74. The summed E-state index contributed by atoms with van der Waals surface area (Å²) in [5.74, 6) is 1.14. The molecule has 0 aromatic heterocycles. The van der Waals surface area contributed by atoms with E-state index in [1.165, 1.54) is 12.8 Å². The molecule has 3 heteroatoms. The number of alkyl halides is 1. The van der Waals surface area contributed by atoms with Crippen LogP contribution in [0.5, 0.6) is 0 Å². The van der Waals surface area contributed by atoms with E-state index in [1.807, 2.05) is 4.90 Å². The SMILES string of the molecule is CC(Br)CCC(=O)N1CCC(C)CC1. The second-order valence-corrected chi connectivity index (χ2v) is 5.95. The van der Waals surface area contributed by atoms with Gasteiger partial charge in [0.05, 0.1) is 0 Å². The van der Waals surface area contributed by atoms with Gasteiger partial charge in [0.15, 0.2) is 0 Å². The first-order chi connectivity index (χ1) is 6.59. The molecule has 1 unspecified atom stereocenters. The van der Waals surface area contributed by atoms with E-state index in [9.17, 15) is 4.79 Å². The highest BCUT2D eigenvalue weighted by Gasteiger charge is 2.19. The lowest BCUT2D eigenvalue weighted by atomic mass is 9.99. The molecule has 0 N–H and O–H groups in total. The molecule has 2 nitrogen and oxygen atoms in total. The molecule has 1 heterocycles. The number of amides is 1. The van der Waals surface area contributed by atoms with Gasteiger partial charge in [-0.2, -0.15) is 0 Å². The van der Waals surface area contributed by atoms with Gasteiger partial charge in [0.25, 0.3) is 0 Å². The number of hydrogen-bond acceptors (Lipinski definition) is 1. The zero-order chi connectivity index (χ0) is 10.6. The lowest BCUT2D eigenvalue weighted by Crippen LogP contribution is -2.37. The molecule has 0 aliphatic carbocycles. The molecule has 1 aliphatic rings. The van der Waals surface area contributed by atoms with E-state index in [-0.39, 0.29) is 0 Å². The number of carbonyl (C=O) groups is 1. The van der Waals surface area contributed by atoms with E-state index in [1.54, 1.807) is 0 Å². The van der Waals surface area contributed by atoms with Crippen LogP contribution in [0.1, 0.15) is 39.5 Å². The minimum absolute atomic E-state index is 0.336. The van der Waals surface area contributed by atoms with Crippen LogP contribution in [0.4, 0.5) is 0 Å². The third-order valence-electron chi connectivity index (χ3n) is 2.89. The van der Waals surface area contributed by atoms with Crippen LogP contribution >= 0.6 is 15.9 Å². The van der Waals surface area contributed by atoms with Gasteiger partial charge in [-0.3, -0.25) is 4.79 Å². The van der Waals surface area contributed by atoms with E-state index in [2.05, 4.69) is 29.8 Å². The number of nitrogens with zero attached hydrogens (tertiary/aromatic N) is 1. The molecular formula is C11H20BrNO. The Kier molecular flexibility index (Phi) is 4.93. The molecule has 82 valence electrons. The quantitative estimate of drug-likeness (QED) is 0.716. The van der Waals surface area contributed by atoms with Crippen molar-refractivity contribution in [2.75, 3.05) is 13.1 Å². The maximum Gasteiger partial charge on any atom is 0.222 e.